The van der Waals surface area contributed by atoms with E-state index >= 15 is 0 Å². The highest BCUT2D eigenvalue weighted by molar-refractivity contribution is 5.79. The van der Waals surface area contributed by atoms with Crippen LogP contribution in [0.25, 0.3) is 0 Å². The number of nitrogens with one attached hydrogen (secondary N) is 4. The Bertz CT molecular complexity index is 926. The molecule has 0 saturated heterocycles. The number of carbonyl (C=O) groups excluding carboxylic acids is 3. The molecule has 0 aliphatic rings. The average Bonchev–Trinajstić information content (AvgIpc) is 3.08. The van der Waals surface area contributed by atoms with Crippen LogP contribution in [0.5, 0.6) is 0 Å². The van der Waals surface area contributed by atoms with Crippen molar-refractivity contribution in [3.8, 4) is 0 Å². The Labute approximate surface area is 296 Å². The van der Waals surface area contributed by atoms with Crippen LogP contribution in [-0.4, -0.2) is 117 Å². The van der Waals surface area contributed by atoms with Crippen molar-refractivity contribution in [3.05, 3.63) is 0 Å². The number of aliphatic hydroxyl groups excluding tert-OH is 1. The van der Waals surface area contributed by atoms with E-state index in [9.17, 15) is 34.2 Å². The highest BCUT2D eigenvalue weighted by atomic mass is 16.6. The number of unbranched alkanes of at least 4 members (excludes halogenated alkanes) is 13. The highest BCUT2D eigenvalue weighted by Gasteiger charge is 2.21. The van der Waals surface area contributed by atoms with Crippen LogP contribution in [0.3, 0.4) is 0 Å². The van der Waals surface area contributed by atoms with E-state index in [1.807, 2.05) is 0 Å². The van der Waals surface area contributed by atoms with E-state index in [1.54, 1.807) is 0 Å². The molecule has 0 rings (SSSR count). The van der Waals surface area contributed by atoms with E-state index in [0.717, 1.165) is 44.9 Å². The molecular formula is C34H63N5O11. The minimum Gasteiger partial charge on any atom is -0.481 e. The first-order valence-corrected chi connectivity index (χ1v) is 18.1. The summed E-state index contributed by atoms with van der Waals surface area (Å²) >= 11 is 0. The number of oxime groups is 1. The molecule has 0 aliphatic carbocycles. The zero-order valence-corrected chi connectivity index (χ0v) is 29.8. The monoisotopic (exact) mass is 717 g/mol. The molecule has 0 heterocycles. The van der Waals surface area contributed by atoms with E-state index < -0.39 is 24.2 Å². The van der Waals surface area contributed by atoms with Gasteiger partial charge in [-0.15, -0.1) is 5.16 Å². The number of aliphatic hydroxyl groups is 1. The molecule has 0 saturated carbocycles. The molecule has 3 amide bonds. The first-order valence-electron chi connectivity index (χ1n) is 18.1. The molecule has 16 heteroatoms. The summed E-state index contributed by atoms with van der Waals surface area (Å²) < 4.78 is 10.6. The lowest BCUT2D eigenvalue weighted by molar-refractivity contribution is -0.141. The third kappa shape index (κ3) is 33.2. The lowest BCUT2D eigenvalue weighted by atomic mass is 10.0. The molecule has 0 spiro atoms. The predicted molar refractivity (Wildman–Crippen MR) is 187 cm³/mol. The summed E-state index contributed by atoms with van der Waals surface area (Å²) in [5, 5.41) is 42.0. The maximum atomic E-state index is 12.1. The molecule has 16 nitrogen and oxygen atoms in total. The summed E-state index contributed by atoms with van der Waals surface area (Å²) in [4.78, 5) is 61.7. The van der Waals surface area contributed by atoms with Crippen LogP contribution in [0, 0.1) is 0 Å². The Morgan fingerprint density at radius 1 is 0.580 bits per heavy atom. The van der Waals surface area contributed by atoms with Crippen molar-refractivity contribution in [3.63, 3.8) is 0 Å². The van der Waals surface area contributed by atoms with Crippen LogP contribution in [-0.2, 0) is 38.3 Å². The number of carbonyl (C=O) groups is 5. The lowest BCUT2D eigenvalue weighted by Gasteiger charge is -2.19. The highest BCUT2D eigenvalue weighted by Crippen LogP contribution is 2.14. The molecule has 0 fully saturated rings. The van der Waals surface area contributed by atoms with Crippen molar-refractivity contribution >= 4 is 36.4 Å². The molecule has 50 heavy (non-hydrogen) atoms. The van der Waals surface area contributed by atoms with E-state index in [-0.39, 0.29) is 89.7 Å². The van der Waals surface area contributed by atoms with Gasteiger partial charge < -0.3 is 45.6 Å². The van der Waals surface area contributed by atoms with Gasteiger partial charge in [0.05, 0.1) is 19.8 Å². The fraction of sp³-hybridized carbons (Fsp3) is 0.824. The standard InChI is InChI=1S/C34H63N5O11/c1-35-50-27-32(43)37-21-20-36-31(42)26-49-25-24-48-23-22-38-29(40)19-18-28(34(46)47)39-30(41)16-14-12-10-8-6-4-2-3-5-7-9-11-13-15-17-33(44)45/h28,30,39,41H,1-27H2,(H,36,42)(H,37,43)(H,38,40)(H,44,45)(H,46,47)/t28-,30?/m0/s1. The quantitative estimate of drug-likeness (QED) is 0.0213. The lowest BCUT2D eigenvalue weighted by Crippen LogP contribution is -2.44. The zero-order chi connectivity index (χ0) is 37.1. The van der Waals surface area contributed by atoms with Gasteiger partial charge in [0.25, 0.3) is 5.91 Å². The first-order chi connectivity index (χ1) is 24.1. The zero-order valence-electron chi connectivity index (χ0n) is 29.8. The third-order valence-corrected chi connectivity index (χ3v) is 7.70. The maximum absolute atomic E-state index is 12.1. The molecule has 1 unspecified atom stereocenters. The van der Waals surface area contributed by atoms with Gasteiger partial charge in [-0.05, 0) is 25.7 Å². The van der Waals surface area contributed by atoms with Gasteiger partial charge >= 0.3 is 11.9 Å². The second-order valence-corrected chi connectivity index (χ2v) is 12.1. The minimum absolute atomic E-state index is 0.0208. The number of hydrogen-bond acceptors (Lipinski definition) is 11. The van der Waals surface area contributed by atoms with Crippen molar-refractivity contribution in [1.29, 1.82) is 0 Å². The van der Waals surface area contributed by atoms with Gasteiger partial charge in [-0.1, -0.05) is 77.0 Å². The summed E-state index contributed by atoms with van der Waals surface area (Å²) in [6, 6.07) is -1.04. The minimum atomic E-state index is -1.12. The van der Waals surface area contributed by atoms with Crippen molar-refractivity contribution in [2.24, 2.45) is 5.16 Å². The van der Waals surface area contributed by atoms with Crippen molar-refractivity contribution in [1.82, 2.24) is 21.3 Å². The van der Waals surface area contributed by atoms with Crippen molar-refractivity contribution < 1.29 is 53.6 Å². The smallest absolute Gasteiger partial charge is 0.320 e. The summed E-state index contributed by atoms with van der Waals surface area (Å²) in [7, 11) is 0. The Kier molecular flexibility index (Phi) is 31.8. The SMILES string of the molecule is C=NOCC(=O)NCCNC(=O)COCCOCCNC(=O)CC[C@H](NC(O)CCCCCCCCCCCCCCCCC(=O)O)C(=O)O. The molecule has 0 aromatic carbocycles. The Morgan fingerprint density at radius 2 is 1.08 bits per heavy atom. The largest absolute Gasteiger partial charge is 0.481 e. The van der Waals surface area contributed by atoms with Crippen LogP contribution in [0.15, 0.2) is 5.16 Å². The van der Waals surface area contributed by atoms with Gasteiger partial charge in [0.2, 0.25) is 11.8 Å². The van der Waals surface area contributed by atoms with E-state index in [4.69, 9.17) is 14.6 Å². The van der Waals surface area contributed by atoms with Gasteiger partial charge in [-0.3, -0.25) is 29.3 Å². The van der Waals surface area contributed by atoms with Crippen LogP contribution < -0.4 is 21.3 Å². The summed E-state index contributed by atoms with van der Waals surface area (Å²) in [5.74, 6) is -2.89. The molecule has 0 aromatic rings. The normalized spacial score (nSPS) is 12.1. The second-order valence-electron chi connectivity index (χ2n) is 12.1. The topological polar surface area (TPSA) is 234 Å². The van der Waals surface area contributed by atoms with Gasteiger partial charge in [0.15, 0.2) is 6.61 Å². The Hall–Kier alpha value is -3.34. The van der Waals surface area contributed by atoms with Crippen molar-refractivity contribution in [2.75, 3.05) is 52.7 Å². The van der Waals surface area contributed by atoms with Crippen LogP contribution in [0.1, 0.15) is 116 Å². The molecule has 0 aromatic heterocycles. The number of carboxylic acid groups (broad SMARTS) is 2. The van der Waals surface area contributed by atoms with E-state index in [2.05, 4.69) is 38.0 Å². The van der Waals surface area contributed by atoms with Gasteiger partial charge in [-0.25, -0.2) is 0 Å². The van der Waals surface area contributed by atoms with Crippen LogP contribution >= 0.6 is 0 Å². The molecule has 7 N–H and O–H groups in total. The summed E-state index contributed by atoms with van der Waals surface area (Å²) in [6.45, 7) is 3.93. The number of aliphatic carboxylic acids is 2. The number of carboxylic acids is 2. The van der Waals surface area contributed by atoms with Crippen LogP contribution in [0.2, 0.25) is 0 Å². The van der Waals surface area contributed by atoms with Crippen LogP contribution in [0.4, 0.5) is 0 Å². The van der Waals surface area contributed by atoms with E-state index in [0.29, 0.717) is 6.42 Å². The number of hydrogen-bond donors (Lipinski definition) is 7. The van der Waals surface area contributed by atoms with Gasteiger partial charge in [0.1, 0.15) is 18.9 Å². The fourth-order valence-electron chi connectivity index (χ4n) is 4.95. The maximum Gasteiger partial charge on any atom is 0.320 e. The predicted octanol–water partition coefficient (Wildman–Crippen LogP) is 2.47. The Balaban J connectivity index is 3.69. The molecule has 0 bridgehead atoms. The molecule has 0 radical (unpaired) electrons. The number of nitrogens with zero attached hydrogens (tertiary/aromatic N) is 1. The Morgan fingerprint density at radius 3 is 1.62 bits per heavy atom. The van der Waals surface area contributed by atoms with Crippen molar-refractivity contribution in [2.45, 2.75) is 128 Å². The molecule has 290 valence electrons. The molecule has 0 aliphatic heterocycles. The molecule has 2 atom stereocenters. The fourth-order valence-corrected chi connectivity index (χ4v) is 4.95. The summed E-state index contributed by atoms with van der Waals surface area (Å²) in [6.07, 6.45) is 15.2. The number of rotatable bonds is 37. The number of amides is 3. The first kappa shape index (κ1) is 46.7. The summed E-state index contributed by atoms with van der Waals surface area (Å²) in [5.41, 5.74) is 0. The number of ether oxygens (including phenoxy) is 2. The average molecular weight is 718 g/mol. The van der Waals surface area contributed by atoms with Gasteiger partial charge in [-0.2, -0.15) is 0 Å². The van der Waals surface area contributed by atoms with Gasteiger partial charge in [0, 0.05) is 39.2 Å². The third-order valence-electron chi connectivity index (χ3n) is 7.70. The van der Waals surface area contributed by atoms with E-state index in [1.165, 1.54) is 44.9 Å². The molecular weight excluding hydrogens is 654 g/mol. The second kappa shape index (κ2) is 34.1.